The number of anilines is 1. The lowest BCUT2D eigenvalue weighted by Crippen LogP contribution is -2.29. The molecule has 7 nitrogen and oxygen atoms in total. The van der Waals surface area contributed by atoms with E-state index in [1.54, 1.807) is 12.1 Å². The second-order valence-electron chi connectivity index (χ2n) is 8.23. The first kappa shape index (κ1) is 23.0. The molecule has 0 aliphatic carbocycles. The summed E-state index contributed by atoms with van der Waals surface area (Å²) in [5.41, 5.74) is 3.08. The van der Waals surface area contributed by atoms with Gasteiger partial charge in [0, 0.05) is 44.3 Å². The number of carbonyl (C=O) groups is 2. The van der Waals surface area contributed by atoms with E-state index in [2.05, 4.69) is 4.98 Å². The first-order valence-corrected chi connectivity index (χ1v) is 11.1. The van der Waals surface area contributed by atoms with Crippen LogP contribution in [-0.2, 0) is 16.1 Å². The minimum absolute atomic E-state index is 0.0692. The number of benzene rings is 2. The highest BCUT2D eigenvalue weighted by molar-refractivity contribution is 6.46. The molecule has 1 aliphatic heterocycles. The molecule has 1 aromatic heterocycles. The second-order valence-corrected chi connectivity index (χ2v) is 8.23. The quantitative estimate of drug-likeness (QED) is 0.326. The second kappa shape index (κ2) is 9.79. The van der Waals surface area contributed by atoms with E-state index >= 15 is 0 Å². The Morgan fingerprint density at radius 2 is 1.65 bits per heavy atom. The van der Waals surface area contributed by atoms with Crippen LogP contribution in [0.5, 0.6) is 5.75 Å². The van der Waals surface area contributed by atoms with E-state index in [0.717, 1.165) is 22.6 Å². The number of likely N-dealkylation sites (tertiary alicyclic amines) is 1. The summed E-state index contributed by atoms with van der Waals surface area (Å²) in [6.45, 7) is 2.69. The zero-order valence-electron chi connectivity index (χ0n) is 19.4. The fraction of sp³-hybridized carbons (Fsp3) is 0.222. The first-order chi connectivity index (χ1) is 16.4. The van der Waals surface area contributed by atoms with Crippen LogP contribution in [0.3, 0.4) is 0 Å². The van der Waals surface area contributed by atoms with Gasteiger partial charge in [-0.05, 0) is 54.4 Å². The number of aromatic nitrogens is 1. The highest BCUT2D eigenvalue weighted by atomic mass is 16.5. The highest BCUT2D eigenvalue weighted by Crippen LogP contribution is 2.40. The van der Waals surface area contributed by atoms with Gasteiger partial charge in [-0.25, -0.2) is 0 Å². The lowest BCUT2D eigenvalue weighted by molar-refractivity contribution is -0.140. The number of pyridine rings is 1. The number of nitrogens with zero attached hydrogens (tertiary/aromatic N) is 3. The van der Waals surface area contributed by atoms with Crippen LogP contribution in [0.15, 0.2) is 78.6 Å². The predicted octanol–water partition coefficient (Wildman–Crippen LogP) is 4.17. The number of hydrogen-bond acceptors (Lipinski definition) is 6. The van der Waals surface area contributed by atoms with Crippen molar-refractivity contribution in [2.24, 2.45) is 0 Å². The molecule has 34 heavy (non-hydrogen) atoms. The lowest BCUT2D eigenvalue weighted by atomic mass is 9.95. The number of aliphatic hydroxyl groups excluding tert-OH is 1. The Morgan fingerprint density at radius 1 is 1.00 bits per heavy atom. The molecule has 4 rings (SSSR count). The van der Waals surface area contributed by atoms with E-state index in [1.165, 1.54) is 17.3 Å². The maximum absolute atomic E-state index is 13.2. The van der Waals surface area contributed by atoms with E-state index < -0.39 is 17.7 Å². The molecule has 7 heteroatoms. The molecule has 2 aromatic carbocycles. The predicted molar refractivity (Wildman–Crippen MR) is 130 cm³/mol. The molecule has 1 fully saturated rings. The molecule has 1 unspecified atom stereocenters. The van der Waals surface area contributed by atoms with E-state index in [-0.39, 0.29) is 17.9 Å². The zero-order chi connectivity index (χ0) is 24.2. The maximum Gasteiger partial charge on any atom is 0.295 e. The van der Waals surface area contributed by atoms with Gasteiger partial charge in [-0.2, -0.15) is 0 Å². The van der Waals surface area contributed by atoms with Gasteiger partial charge in [0.15, 0.2) is 0 Å². The Balaban J connectivity index is 1.78. The van der Waals surface area contributed by atoms with Crippen molar-refractivity contribution in [3.63, 3.8) is 0 Å². The van der Waals surface area contributed by atoms with Crippen molar-refractivity contribution in [3.8, 4) is 5.75 Å². The van der Waals surface area contributed by atoms with Crippen LogP contribution < -0.4 is 9.64 Å². The highest BCUT2D eigenvalue weighted by Gasteiger charge is 2.46. The number of Topliss-reactive ketones (excluding diaryl/α,β-unsaturated/α-hetero) is 1. The summed E-state index contributed by atoms with van der Waals surface area (Å²) < 4.78 is 5.50. The lowest BCUT2D eigenvalue weighted by Gasteiger charge is -2.26. The third-order valence-corrected chi connectivity index (χ3v) is 5.81. The average molecular weight is 458 g/mol. The molecular weight excluding hydrogens is 430 g/mol. The Labute approximate surface area is 198 Å². The zero-order valence-corrected chi connectivity index (χ0v) is 19.4. The van der Waals surface area contributed by atoms with Crippen molar-refractivity contribution in [1.82, 2.24) is 9.88 Å². The fourth-order valence-electron chi connectivity index (χ4n) is 4.06. The van der Waals surface area contributed by atoms with Crippen molar-refractivity contribution < 1.29 is 19.4 Å². The maximum atomic E-state index is 13.2. The fourth-order valence-corrected chi connectivity index (χ4v) is 4.06. The summed E-state index contributed by atoms with van der Waals surface area (Å²) in [7, 11) is 3.88. The number of ketones is 1. The summed E-state index contributed by atoms with van der Waals surface area (Å²) in [5.74, 6) is -0.827. The van der Waals surface area contributed by atoms with Gasteiger partial charge in [-0.3, -0.25) is 14.6 Å². The van der Waals surface area contributed by atoms with Gasteiger partial charge in [-0.1, -0.05) is 24.3 Å². The molecule has 1 amide bonds. The van der Waals surface area contributed by atoms with Gasteiger partial charge in [0.05, 0.1) is 18.2 Å². The van der Waals surface area contributed by atoms with Crippen molar-refractivity contribution >= 4 is 23.1 Å². The topological polar surface area (TPSA) is 83.0 Å². The summed E-state index contributed by atoms with van der Waals surface area (Å²) in [6.07, 6.45) is 3.07. The van der Waals surface area contributed by atoms with Crippen LogP contribution in [0.4, 0.5) is 5.69 Å². The van der Waals surface area contributed by atoms with Crippen molar-refractivity contribution in [1.29, 1.82) is 0 Å². The van der Waals surface area contributed by atoms with E-state index in [1.807, 2.05) is 74.4 Å². The minimum atomic E-state index is -0.726. The van der Waals surface area contributed by atoms with E-state index in [0.29, 0.717) is 12.2 Å². The van der Waals surface area contributed by atoms with Crippen molar-refractivity contribution in [3.05, 3.63) is 95.3 Å². The van der Waals surface area contributed by atoms with Crippen molar-refractivity contribution in [2.45, 2.75) is 19.5 Å². The minimum Gasteiger partial charge on any atom is -0.507 e. The molecule has 1 aliphatic rings. The van der Waals surface area contributed by atoms with Gasteiger partial charge < -0.3 is 19.6 Å². The monoisotopic (exact) mass is 457 g/mol. The number of carbonyl (C=O) groups excluding carboxylic acids is 2. The molecular formula is C27H27N3O4. The van der Waals surface area contributed by atoms with Gasteiger partial charge in [0.1, 0.15) is 11.5 Å². The molecule has 3 aromatic rings. The number of hydrogen-bond donors (Lipinski definition) is 1. The van der Waals surface area contributed by atoms with Gasteiger partial charge >= 0.3 is 0 Å². The third-order valence-electron chi connectivity index (χ3n) is 5.81. The van der Waals surface area contributed by atoms with Gasteiger partial charge in [0.2, 0.25) is 0 Å². The molecule has 0 bridgehead atoms. The molecule has 174 valence electrons. The molecule has 1 saturated heterocycles. The van der Waals surface area contributed by atoms with Gasteiger partial charge in [0.25, 0.3) is 11.7 Å². The SMILES string of the molecule is CCOc1ccc(CN2C(=O)C(=O)/C(=C(\O)c3ccncc3)C2c2ccc(N(C)C)cc2)cc1. The average Bonchev–Trinajstić information content (AvgIpc) is 3.10. The van der Waals surface area contributed by atoms with Gasteiger partial charge in [-0.15, -0.1) is 0 Å². The van der Waals surface area contributed by atoms with Crippen LogP contribution in [0, 0.1) is 0 Å². The van der Waals surface area contributed by atoms with Crippen LogP contribution in [0.25, 0.3) is 5.76 Å². The smallest absolute Gasteiger partial charge is 0.295 e. The van der Waals surface area contributed by atoms with E-state index in [9.17, 15) is 14.7 Å². The molecule has 1 atom stereocenters. The standard InChI is InChI=1S/C27H27N3O4/c1-4-34-22-11-5-18(6-12-22)17-30-24(19-7-9-21(10-8-19)29(2)3)23(26(32)27(30)33)25(31)20-13-15-28-16-14-20/h5-16,24,31H,4,17H2,1-3H3/b25-23-. The Hall–Kier alpha value is -4.13. The first-order valence-electron chi connectivity index (χ1n) is 11.1. The Kier molecular flexibility index (Phi) is 6.63. The summed E-state index contributed by atoms with van der Waals surface area (Å²) >= 11 is 0. The van der Waals surface area contributed by atoms with Crippen molar-refractivity contribution in [2.75, 3.05) is 25.6 Å². The van der Waals surface area contributed by atoms with Crippen LogP contribution in [0.1, 0.15) is 29.7 Å². The van der Waals surface area contributed by atoms with Crippen LogP contribution in [-0.4, -0.2) is 47.4 Å². The number of rotatable bonds is 7. The summed E-state index contributed by atoms with van der Waals surface area (Å²) in [6, 6.07) is 17.6. The molecule has 0 radical (unpaired) electrons. The Bertz CT molecular complexity index is 1200. The molecule has 2 heterocycles. The number of ether oxygens (including phenoxy) is 1. The van der Waals surface area contributed by atoms with Crippen LogP contribution in [0.2, 0.25) is 0 Å². The summed E-state index contributed by atoms with van der Waals surface area (Å²) in [5, 5.41) is 11.1. The molecule has 0 saturated carbocycles. The third kappa shape index (κ3) is 4.50. The Morgan fingerprint density at radius 3 is 2.24 bits per heavy atom. The molecule has 0 spiro atoms. The normalized spacial score (nSPS) is 17.1. The number of amides is 1. The van der Waals surface area contributed by atoms with E-state index in [4.69, 9.17) is 4.74 Å². The largest absolute Gasteiger partial charge is 0.507 e. The summed E-state index contributed by atoms with van der Waals surface area (Å²) in [4.78, 5) is 33.8. The molecule has 1 N–H and O–H groups in total. The number of aliphatic hydroxyl groups is 1. The van der Waals surface area contributed by atoms with Crippen LogP contribution >= 0.6 is 0 Å².